The van der Waals surface area contributed by atoms with Gasteiger partial charge >= 0.3 is 0 Å². The standard InChI is InChI=1S/C56H85NS2/c1-13-16-19-22-25-28-31-44-40(4)41(5)50(58-52(44)55(9,10)11)53-57-49(32-29-26-23-20-17-14-2)51(59-53)42-33-35-45-46-36-34-43(54(6,7)8)39-48(46)56(12,47(45)38-42)37-30-27-24-21-18-15-3/h33-36,38-40H,13-32,37H2,1-12H3. The van der Waals surface area contributed by atoms with Crippen LogP contribution in [0.2, 0.25) is 0 Å². The van der Waals surface area contributed by atoms with Crippen LogP contribution in [0.1, 0.15) is 239 Å². The molecule has 3 aromatic rings. The summed E-state index contributed by atoms with van der Waals surface area (Å²) in [5.74, 6) is 0.463. The number of nitrogens with zero attached hydrogens (tertiary/aromatic N) is 1. The van der Waals surface area contributed by atoms with E-state index >= 15 is 0 Å². The van der Waals surface area contributed by atoms with E-state index in [4.69, 9.17) is 4.98 Å². The van der Waals surface area contributed by atoms with Gasteiger partial charge in [-0.3, -0.25) is 0 Å². The smallest absolute Gasteiger partial charge is 0.130 e. The minimum absolute atomic E-state index is 0.00618. The molecular weight excluding hydrogens is 751 g/mol. The molecule has 1 nitrogen and oxygen atoms in total. The highest BCUT2D eigenvalue weighted by atomic mass is 32.2. The van der Waals surface area contributed by atoms with Crippen molar-refractivity contribution in [1.29, 1.82) is 0 Å². The van der Waals surface area contributed by atoms with Gasteiger partial charge < -0.3 is 0 Å². The van der Waals surface area contributed by atoms with Gasteiger partial charge in [0.05, 0.1) is 10.6 Å². The summed E-state index contributed by atoms with van der Waals surface area (Å²) in [6.45, 7) is 28.9. The molecule has 3 heteroatoms. The quantitative estimate of drug-likeness (QED) is 0.0883. The van der Waals surface area contributed by atoms with Gasteiger partial charge in [0.1, 0.15) is 5.01 Å². The first kappa shape index (κ1) is 47.9. The van der Waals surface area contributed by atoms with E-state index in [9.17, 15) is 0 Å². The molecule has 1 aliphatic heterocycles. The second-order valence-corrected chi connectivity index (χ2v) is 22.9. The van der Waals surface area contributed by atoms with Crippen LogP contribution in [0.25, 0.3) is 26.5 Å². The Morgan fingerprint density at radius 1 is 0.627 bits per heavy atom. The summed E-state index contributed by atoms with van der Waals surface area (Å²) in [5, 5.41) is 1.25. The molecule has 1 aromatic heterocycles. The largest absolute Gasteiger partial charge is 0.240 e. The van der Waals surface area contributed by atoms with Crippen molar-refractivity contribution in [3.63, 3.8) is 0 Å². The van der Waals surface area contributed by atoms with Crippen molar-refractivity contribution in [3.8, 4) is 21.6 Å². The molecule has 0 saturated carbocycles. The molecule has 0 radical (unpaired) electrons. The number of thiazole rings is 1. The van der Waals surface area contributed by atoms with Crippen LogP contribution in [0.15, 0.2) is 52.4 Å². The predicted octanol–water partition coefficient (Wildman–Crippen LogP) is 19.2. The van der Waals surface area contributed by atoms with Gasteiger partial charge in [0.2, 0.25) is 0 Å². The summed E-state index contributed by atoms with van der Waals surface area (Å²) in [7, 11) is 0. The van der Waals surface area contributed by atoms with E-state index in [0.29, 0.717) is 5.92 Å². The van der Waals surface area contributed by atoms with Crippen molar-refractivity contribution >= 4 is 28.0 Å². The number of aryl methyl sites for hydroxylation is 1. The van der Waals surface area contributed by atoms with Gasteiger partial charge in [-0.2, -0.15) is 0 Å². The Labute approximate surface area is 372 Å². The third-order valence-corrected chi connectivity index (χ3v) is 16.9. The Morgan fingerprint density at radius 3 is 1.73 bits per heavy atom. The zero-order chi connectivity index (χ0) is 42.8. The molecule has 2 unspecified atom stereocenters. The van der Waals surface area contributed by atoms with Crippen molar-refractivity contribution in [2.45, 2.75) is 229 Å². The molecule has 326 valence electrons. The summed E-state index contributed by atoms with van der Waals surface area (Å²) < 4.78 is 0. The maximum Gasteiger partial charge on any atom is 0.130 e. The van der Waals surface area contributed by atoms with Crippen LogP contribution in [0, 0.1) is 11.3 Å². The third kappa shape index (κ3) is 11.9. The number of benzene rings is 2. The van der Waals surface area contributed by atoms with Crippen LogP contribution >= 0.6 is 23.1 Å². The zero-order valence-corrected chi connectivity index (χ0v) is 41.8. The van der Waals surface area contributed by atoms with E-state index < -0.39 is 0 Å². The molecule has 5 rings (SSSR count). The minimum atomic E-state index is 0.00618. The van der Waals surface area contributed by atoms with Gasteiger partial charge in [-0.1, -0.05) is 227 Å². The lowest BCUT2D eigenvalue weighted by atomic mass is 9.74. The van der Waals surface area contributed by atoms with Gasteiger partial charge in [-0.25, -0.2) is 4.98 Å². The second-order valence-electron chi connectivity index (χ2n) is 20.9. The average Bonchev–Trinajstić information content (AvgIpc) is 3.72. The highest BCUT2D eigenvalue weighted by Crippen LogP contribution is 2.56. The van der Waals surface area contributed by atoms with E-state index in [2.05, 4.69) is 131 Å². The van der Waals surface area contributed by atoms with Crippen LogP contribution in [-0.2, 0) is 17.3 Å². The van der Waals surface area contributed by atoms with Crippen molar-refractivity contribution in [2.24, 2.45) is 11.3 Å². The van der Waals surface area contributed by atoms with Crippen molar-refractivity contribution in [3.05, 3.63) is 79.8 Å². The van der Waals surface area contributed by atoms with Crippen LogP contribution in [0.3, 0.4) is 0 Å². The average molecular weight is 836 g/mol. The van der Waals surface area contributed by atoms with Crippen LogP contribution in [0.4, 0.5) is 0 Å². The van der Waals surface area contributed by atoms with Crippen molar-refractivity contribution in [1.82, 2.24) is 4.98 Å². The van der Waals surface area contributed by atoms with Gasteiger partial charge in [0, 0.05) is 16.2 Å². The van der Waals surface area contributed by atoms with Gasteiger partial charge in [-0.15, -0.1) is 11.3 Å². The molecule has 0 amide bonds. The fourth-order valence-corrected chi connectivity index (χ4v) is 12.6. The molecule has 0 fully saturated rings. The topological polar surface area (TPSA) is 12.9 Å². The highest BCUT2D eigenvalue weighted by molar-refractivity contribution is 8.12. The molecule has 0 N–H and O–H groups in total. The first-order chi connectivity index (χ1) is 28.1. The molecule has 2 atom stereocenters. The van der Waals surface area contributed by atoms with Gasteiger partial charge in [0.25, 0.3) is 0 Å². The van der Waals surface area contributed by atoms with Crippen molar-refractivity contribution < 1.29 is 0 Å². The molecule has 0 saturated heterocycles. The molecular formula is C56H85NS2. The SMILES string of the molecule is CCCCCCCCC1=C(C(C)(C)C)SC(c2nc(CCCCCCCC)c(-c3ccc4c(c3)C(C)(CCCCCCCC)c3cc(C(C)(C)C)ccc3-4)s2)=C(C)C1C. The number of rotatable bonds is 23. The number of fused-ring (bicyclic) bond motifs is 3. The fourth-order valence-electron chi connectivity index (χ4n) is 9.84. The van der Waals surface area contributed by atoms with Crippen LogP contribution in [0.5, 0.6) is 0 Å². The minimum Gasteiger partial charge on any atom is -0.240 e. The summed E-state index contributed by atoms with van der Waals surface area (Å²) in [6, 6.07) is 15.0. The molecule has 2 heterocycles. The Morgan fingerprint density at radius 2 is 1.15 bits per heavy atom. The monoisotopic (exact) mass is 836 g/mol. The Hall–Kier alpha value is -2.10. The third-order valence-electron chi connectivity index (χ3n) is 13.8. The Balaban J connectivity index is 1.53. The van der Waals surface area contributed by atoms with Gasteiger partial charge in [0.15, 0.2) is 0 Å². The van der Waals surface area contributed by atoms with E-state index in [1.165, 1.54) is 177 Å². The lowest BCUT2D eigenvalue weighted by Gasteiger charge is -2.35. The number of allylic oxidation sites excluding steroid dienone is 3. The van der Waals surface area contributed by atoms with Crippen molar-refractivity contribution in [2.75, 3.05) is 0 Å². The maximum atomic E-state index is 5.68. The lowest BCUT2D eigenvalue weighted by molar-refractivity contribution is 0.479. The number of hydrogen-bond donors (Lipinski definition) is 0. The van der Waals surface area contributed by atoms with E-state index in [1.807, 2.05) is 11.3 Å². The molecule has 59 heavy (non-hydrogen) atoms. The summed E-state index contributed by atoms with van der Waals surface area (Å²) >= 11 is 4.07. The normalized spacial score (nSPS) is 18.3. The fraction of sp³-hybridized carbons (Fsp3) is 0.661. The van der Waals surface area contributed by atoms with E-state index in [0.717, 1.165) is 6.42 Å². The van der Waals surface area contributed by atoms with E-state index in [1.54, 1.807) is 21.6 Å². The highest BCUT2D eigenvalue weighted by Gasteiger charge is 2.40. The first-order valence-electron chi connectivity index (χ1n) is 24.6. The second kappa shape index (κ2) is 21.8. The molecule has 0 spiro atoms. The van der Waals surface area contributed by atoms with E-state index in [-0.39, 0.29) is 16.2 Å². The predicted molar refractivity (Wildman–Crippen MR) is 267 cm³/mol. The summed E-state index contributed by atoms with van der Waals surface area (Å²) in [5.41, 5.74) is 13.6. The maximum absolute atomic E-state index is 5.68. The number of thioether (sulfide) groups is 1. The number of aromatic nitrogens is 1. The lowest BCUT2D eigenvalue weighted by Crippen LogP contribution is -2.22. The number of hydrogen-bond acceptors (Lipinski definition) is 3. The van der Waals surface area contributed by atoms with Gasteiger partial charge in [-0.05, 0) is 99.8 Å². The first-order valence-corrected chi connectivity index (χ1v) is 26.2. The summed E-state index contributed by atoms with van der Waals surface area (Å²) in [4.78, 5) is 10.1. The van der Waals surface area contributed by atoms with Crippen LogP contribution in [-0.4, -0.2) is 4.98 Å². The Kier molecular flexibility index (Phi) is 17.7. The summed E-state index contributed by atoms with van der Waals surface area (Å²) in [6.07, 6.45) is 27.5. The molecule has 0 bridgehead atoms. The Bertz CT molecular complexity index is 1870. The van der Waals surface area contributed by atoms with Crippen LogP contribution < -0.4 is 0 Å². The molecule has 2 aromatic carbocycles. The molecule has 1 aliphatic carbocycles. The molecule has 2 aliphatic rings. The number of unbranched alkanes of at least 4 members (excludes halogenated alkanes) is 15. The zero-order valence-electron chi connectivity index (χ0n) is 40.2.